The predicted octanol–water partition coefficient (Wildman–Crippen LogP) is 1.51. The number of aliphatic hydroxyl groups is 1. The Kier molecular flexibility index (Phi) is 6.40. The Hall–Kier alpha value is -0.710. The Morgan fingerprint density at radius 3 is 2.33 bits per heavy atom. The van der Waals surface area contributed by atoms with Gasteiger partial charge >= 0.3 is 0 Å². The van der Waals surface area contributed by atoms with Gasteiger partial charge in [0.2, 0.25) is 5.91 Å². The molecule has 1 aliphatic heterocycles. The summed E-state index contributed by atoms with van der Waals surface area (Å²) in [6.07, 6.45) is -3.84. The summed E-state index contributed by atoms with van der Waals surface area (Å²) in [6, 6.07) is 0. The van der Waals surface area contributed by atoms with Gasteiger partial charge in [-0.15, -0.1) is 0 Å². The molecule has 0 radical (unpaired) electrons. The molecule has 1 N–H and O–H groups in total. The number of alkyl halides is 2. The van der Waals surface area contributed by atoms with Gasteiger partial charge in [-0.3, -0.25) is 4.79 Å². The van der Waals surface area contributed by atoms with E-state index >= 15 is 0 Å². The molecule has 2 atom stereocenters. The van der Waals surface area contributed by atoms with Crippen LogP contribution in [0, 0.1) is 5.92 Å². The summed E-state index contributed by atoms with van der Waals surface area (Å²) >= 11 is 0. The van der Waals surface area contributed by atoms with Crippen LogP contribution in [-0.2, 0) is 4.79 Å². The second-order valence-corrected chi connectivity index (χ2v) is 3.34. The van der Waals surface area contributed by atoms with E-state index in [2.05, 4.69) is 0 Å². The highest BCUT2D eigenvalue weighted by atomic mass is 19.3. The highest BCUT2D eigenvalue weighted by Crippen LogP contribution is 2.23. The maximum atomic E-state index is 12.1. The normalized spacial score (nSPS) is 22.3. The molecular formula is C10H19F2NO2. The van der Waals surface area contributed by atoms with E-state index in [1.165, 1.54) is 11.8 Å². The Bertz CT molecular complexity index is 200. The van der Waals surface area contributed by atoms with Crippen molar-refractivity contribution in [1.82, 2.24) is 4.90 Å². The molecule has 0 aromatic heterocycles. The summed E-state index contributed by atoms with van der Waals surface area (Å²) in [5.41, 5.74) is 0. The quantitative estimate of drug-likeness (QED) is 0.770. The van der Waals surface area contributed by atoms with E-state index in [-0.39, 0.29) is 12.5 Å². The van der Waals surface area contributed by atoms with Gasteiger partial charge in [0.25, 0.3) is 6.43 Å². The summed E-state index contributed by atoms with van der Waals surface area (Å²) in [6.45, 7) is 6.13. The number of rotatable bonds is 2. The van der Waals surface area contributed by atoms with Crippen molar-refractivity contribution in [2.75, 3.05) is 13.1 Å². The van der Waals surface area contributed by atoms with Gasteiger partial charge < -0.3 is 10.0 Å². The van der Waals surface area contributed by atoms with Crippen molar-refractivity contribution in [2.24, 2.45) is 5.92 Å². The number of carbonyl (C=O) groups excluding carboxylic acids is 1. The summed E-state index contributed by atoms with van der Waals surface area (Å²) in [5.74, 6) is -0.590. The van der Waals surface area contributed by atoms with Gasteiger partial charge in [-0.25, -0.2) is 8.78 Å². The Balaban J connectivity index is 0.000000921. The van der Waals surface area contributed by atoms with Crippen LogP contribution in [-0.4, -0.2) is 41.5 Å². The van der Waals surface area contributed by atoms with E-state index in [1.54, 1.807) is 0 Å². The van der Waals surface area contributed by atoms with Gasteiger partial charge in [-0.2, -0.15) is 0 Å². The molecule has 0 bridgehead atoms. The number of carbonyl (C=O) groups is 1. The molecule has 0 aliphatic carbocycles. The van der Waals surface area contributed by atoms with Gasteiger partial charge in [0.1, 0.15) is 6.10 Å². The largest absolute Gasteiger partial charge is 0.387 e. The zero-order chi connectivity index (χ0) is 12.0. The van der Waals surface area contributed by atoms with Gasteiger partial charge in [0, 0.05) is 25.9 Å². The molecule has 0 aromatic carbocycles. The lowest BCUT2D eigenvalue weighted by Gasteiger charge is -2.17. The fourth-order valence-electron chi connectivity index (χ4n) is 1.56. The van der Waals surface area contributed by atoms with Gasteiger partial charge in [0.05, 0.1) is 0 Å². The predicted molar refractivity (Wildman–Crippen MR) is 53.7 cm³/mol. The molecule has 0 saturated carbocycles. The van der Waals surface area contributed by atoms with Crippen LogP contribution in [0.15, 0.2) is 0 Å². The van der Waals surface area contributed by atoms with Crippen molar-refractivity contribution in [3.63, 3.8) is 0 Å². The van der Waals surface area contributed by atoms with Gasteiger partial charge in [-0.05, 0) is 6.42 Å². The van der Waals surface area contributed by atoms with Crippen LogP contribution in [0.2, 0.25) is 0 Å². The van der Waals surface area contributed by atoms with Crippen molar-refractivity contribution >= 4 is 5.91 Å². The first-order chi connectivity index (χ1) is 7.02. The molecule has 5 heteroatoms. The minimum atomic E-state index is -2.71. The van der Waals surface area contributed by atoms with Crippen LogP contribution in [0.1, 0.15) is 27.2 Å². The number of nitrogens with zero attached hydrogens (tertiary/aromatic N) is 1. The molecule has 1 aliphatic rings. The third-order valence-corrected chi connectivity index (χ3v) is 2.41. The summed E-state index contributed by atoms with van der Waals surface area (Å²) in [7, 11) is 0. The van der Waals surface area contributed by atoms with Gasteiger partial charge in [0.15, 0.2) is 0 Å². The Morgan fingerprint density at radius 1 is 1.47 bits per heavy atom. The smallest absolute Gasteiger partial charge is 0.264 e. The number of likely N-dealkylation sites (tertiary alicyclic amines) is 1. The topological polar surface area (TPSA) is 40.5 Å². The maximum absolute atomic E-state index is 12.1. The summed E-state index contributed by atoms with van der Waals surface area (Å²) in [5, 5.41) is 9.04. The van der Waals surface area contributed by atoms with Crippen LogP contribution in [0.5, 0.6) is 0 Å². The number of hydrogen-bond acceptors (Lipinski definition) is 2. The van der Waals surface area contributed by atoms with E-state index in [4.69, 9.17) is 5.11 Å². The van der Waals surface area contributed by atoms with Crippen molar-refractivity contribution in [3.05, 3.63) is 0 Å². The SMILES string of the molecule is CC.CC(=O)N1CCC(C(O)C(F)F)C1. The highest BCUT2D eigenvalue weighted by Gasteiger charge is 2.34. The molecule has 1 fully saturated rings. The first-order valence-corrected chi connectivity index (χ1v) is 5.24. The minimum absolute atomic E-state index is 0.121. The standard InChI is InChI=1S/C8H13F2NO2.C2H6/c1-5(12)11-3-2-6(4-11)7(13)8(9)10;1-2/h6-8,13H,2-4H2,1H3;1-2H3. The van der Waals surface area contributed by atoms with Crippen molar-refractivity contribution in [1.29, 1.82) is 0 Å². The molecule has 1 heterocycles. The van der Waals surface area contributed by atoms with E-state index in [1.807, 2.05) is 13.8 Å². The third-order valence-electron chi connectivity index (χ3n) is 2.41. The zero-order valence-corrected chi connectivity index (χ0v) is 9.41. The molecule has 3 nitrogen and oxygen atoms in total. The summed E-state index contributed by atoms with van der Waals surface area (Å²) in [4.78, 5) is 12.3. The number of aliphatic hydroxyl groups excluding tert-OH is 1. The Morgan fingerprint density at radius 2 is 2.00 bits per heavy atom. The minimum Gasteiger partial charge on any atom is -0.387 e. The van der Waals surface area contributed by atoms with Crippen LogP contribution in [0.3, 0.4) is 0 Å². The molecule has 1 rings (SSSR count). The molecule has 15 heavy (non-hydrogen) atoms. The van der Waals surface area contributed by atoms with E-state index in [0.29, 0.717) is 13.0 Å². The molecule has 0 aromatic rings. The van der Waals surface area contributed by atoms with Crippen molar-refractivity contribution in [2.45, 2.75) is 39.7 Å². The molecule has 90 valence electrons. The summed E-state index contributed by atoms with van der Waals surface area (Å²) < 4.78 is 24.1. The zero-order valence-electron chi connectivity index (χ0n) is 9.41. The molecule has 2 unspecified atom stereocenters. The molecule has 1 amide bonds. The van der Waals surface area contributed by atoms with Crippen LogP contribution >= 0.6 is 0 Å². The molecule has 0 spiro atoms. The van der Waals surface area contributed by atoms with Crippen LogP contribution in [0.25, 0.3) is 0 Å². The lowest BCUT2D eigenvalue weighted by Crippen LogP contribution is -2.32. The van der Waals surface area contributed by atoms with Crippen molar-refractivity contribution in [3.8, 4) is 0 Å². The number of halogens is 2. The Labute approximate surface area is 89.1 Å². The van der Waals surface area contributed by atoms with E-state index in [0.717, 1.165) is 0 Å². The van der Waals surface area contributed by atoms with E-state index < -0.39 is 18.4 Å². The maximum Gasteiger partial charge on any atom is 0.264 e. The van der Waals surface area contributed by atoms with E-state index in [9.17, 15) is 13.6 Å². The first-order valence-electron chi connectivity index (χ1n) is 5.24. The average molecular weight is 223 g/mol. The van der Waals surface area contributed by atoms with Crippen molar-refractivity contribution < 1.29 is 18.7 Å². The highest BCUT2D eigenvalue weighted by molar-refractivity contribution is 5.73. The number of amides is 1. The van der Waals surface area contributed by atoms with Crippen LogP contribution in [0.4, 0.5) is 8.78 Å². The second-order valence-electron chi connectivity index (χ2n) is 3.34. The fourth-order valence-corrected chi connectivity index (χ4v) is 1.56. The number of hydrogen-bond donors (Lipinski definition) is 1. The third kappa shape index (κ3) is 4.11. The van der Waals surface area contributed by atoms with Gasteiger partial charge in [-0.1, -0.05) is 13.8 Å². The second kappa shape index (κ2) is 6.71. The fraction of sp³-hybridized carbons (Fsp3) is 0.900. The van der Waals surface area contributed by atoms with Crippen LogP contribution < -0.4 is 0 Å². The first kappa shape index (κ1) is 14.3. The monoisotopic (exact) mass is 223 g/mol. The molecular weight excluding hydrogens is 204 g/mol. The average Bonchev–Trinajstić information content (AvgIpc) is 2.68. The molecule has 1 saturated heterocycles. The lowest BCUT2D eigenvalue weighted by atomic mass is 10.0. The lowest BCUT2D eigenvalue weighted by molar-refractivity contribution is -0.128.